The maximum Gasteiger partial charge on any atom is 0.137 e. The second-order valence-electron chi connectivity index (χ2n) is 3.84. The monoisotopic (exact) mass is 281 g/mol. The van der Waals surface area contributed by atoms with E-state index in [1.165, 1.54) is 0 Å². The smallest absolute Gasteiger partial charge is 0.137 e. The zero-order valence-electron chi connectivity index (χ0n) is 8.69. The van der Waals surface area contributed by atoms with Crippen LogP contribution < -0.4 is 5.32 Å². The lowest BCUT2D eigenvalue weighted by Crippen LogP contribution is -2.33. The minimum Gasteiger partial charge on any atom is -0.369 e. The summed E-state index contributed by atoms with van der Waals surface area (Å²) in [5, 5.41) is 3.31. The number of pyridine rings is 1. The van der Waals surface area contributed by atoms with Gasteiger partial charge in [0.05, 0.1) is 12.3 Å². The first-order valence-corrected chi connectivity index (χ1v) is 6.09. The van der Waals surface area contributed by atoms with E-state index in [4.69, 9.17) is 4.74 Å². The molecule has 2 aromatic heterocycles. The molecule has 0 spiro atoms. The van der Waals surface area contributed by atoms with Gasteiger partial charge >= 0.3 is 0 Å². The molecule has 16 heavy (non-hydrogen) atoms. The average molecular weight is 282 g/mol. The molecule has 0 bridgehead atoms. The first-order valence-electron chi connectivity index (χ1n) is 5.29. The molecular weight excluding hydrogens is 270 g/mol. The van der Waals surface area contributed by atoms with Gasteiger partial charge in [-0.1, -0.05) is 0 Å². The highest BCUT2D eigenvalue weighted by Gasteiger charge is 2.18. The van der Waals surface area contributed by atoms with Crippen LogP contribution in [0.2, 0.25) is 0 Å². The second-order valence-corrected chi connectivity index (χ2v) is 4.76. The predicted molar refractivity (Wildman–Crippen MR) is 64.5 cm³/mol. The van der Waals surface area contributed by atoms with Crippen molar-refractivity contribution >= 4 is 21.6 Å². The lowest BCUT2D eigenvalue weighted by atomic mass is 10.2. The lowest BCUT2D eigenvalue weighted by Gasteiger charge is -2.21. The first kappa shape index (κ1) is 10.3. The van der Waals surface area contributed by atoms with E-state index in [9.17, 15) is 0 Å². The van der Waals surface area contributed by atoms with Crippen molar-refractivity contribution in [2.75, 3.05) is 19.7 Å². The zero-order valence-corrected chi connectivity index (χ0v) is 10.3. The summed E-state index contributed by atoms with van der Waals surface area (Å²) in [4.78, 5) is 4.55. The van der Waals surface area contributed by atoms with E-state index in [0.717, 1.165) is 35.5 Å². The fourth-order valence-corrected chi connectivity index (χ4v) is 2.25. The third-order valence-corrected chi connectivity index (χ3v) is 3.16. The Morgan fingerprint density at radius 1 is 1.44 bits per heavy atom. The summed E-state index contributed by atoms with van der Waals surface area (Å²) in [6.07, 6.45) is 4.10. The van der Waals surface area contributed by atoms with E-state index in [1.807, 2.05) is 28.9 Å². The second kappa shape index (κ2) is 4.16. The summed E-state index contributed by atoms with van der Waals surface area (Å²) in [5.74, 6) is 0. The molecule has 3 heterocycles. The molecule has 4 nitrogen and oxygen atoms in total. The van der Waals surface area contributed by atoms with Crippen LogP contribution in [0.5, 0.6) is 0 Å². The number of nitrogens with one attached hydrogen (secondary N) is 1. The molecule has 1 saturated heterocycles. The Balaban J connectivity index is 1.97. The van der Waals surface area contributed by atoms with Gasteiger partial charge in [0.2, 0.25) is 0 Å². The molecule has 1 aliphatic heterocycles. The van der Waals surface area contributed by atoms with Crippen LogP contribution in [0, 0.1) is 0 Å². The van der Waals surface area contributed by atoms with Crippen molar-refractivity contribution in [2.24, 2.45) is 0 Å². The summed E-state index contributed by atoms with van der Waals surface area (Å²) >= 11 is 3.45. The van der Waals surface area contributed by atoms with E-state index >= 15 is 0 Å². The van der Waals surface area contributed by atoms with E-state index in [2.05, 4.69) is 26.2 Å². The third-order valence-electron chi connectivity index (χ3n) is 2.69. The number of hydrogen-bond acceptors (Lipinski definition) is 3. The van der Waals surface area contributed by atoms with Gasteiger partial charge < -0.3 is 14.5 Å². The molecule has 1 N–H and O–H groups in total. The molecule has 84 valence electrons. The highest BCUT2D eigenvalue weighted by Crippen LogP contribution is 2.19. The van der Waals surface area contributed by atoms with Gasteiger partial charge in [-0.05, 0) is 28.1 Å². The molecule has 5 heteroatoms. The number of nitrogens with zero attached hydrogens (tertiary/aromatic N) is 2. The van der Waals surface area contributed by atoms with Crippen molar-refractivity contribution in [3.05, 3.63) is 34.7 Å². The van der Waals surface area contributed by atoms with Crippen LogP contribution in [0.3, 0.4) is 0 Å². The van der Waals surface area contributed by atoms with Crippen LogP contribution in [0.1, 0.15) is 11.8 Å². The SMILES string of the molecule is Brc1ccc2nc(C3CNCCO3)cn2c1. The largest absolute Gasteiger partial charge is 0.369 e. The fraction of sp³-hybridized carbons (Fsp3) is 0.364. The zero-order chi connectivity index (χ0) is 11.0. The number of fused-ring (bicyclic) bond motifs is 1. The van der Waals surface area contributed by atoms with Gasteiger partial charge in [-0.25, -0.2) is 4.98 Å². The molecule has 1 fully saturated rings. The molecule has 0 aliphatic carbocycles. The van der Waals surface area contributed by atoms with Crippen LogP contribution >= 0.6 is 15.9 Å². The Morgan fingerprint density at radius 2 is 2.38 bits per heavy atom. The minimum atomic E-state index is 0.0763. The molecule has 2 aromatic rings. The number of ether oxygens (including phenoxy) is 1. The maximum atomic E-state index is 5.67. The normalized spacial score (nSPS) is 21.4. The lowest BCUT2D eigenvalue weighted by molar-refractivity contribution is 0.0253. The number of rotatable bonds is 1. The maximum absolute atomic E-state index is 5.67. The van der Waals surface area contributed by atoms with Gasteiger partial charge in [0.15, 0.2) is 0 Å². The van der Waals surface area contributed by atoms with Crippen LogP contribution in [0.4, 0.5) is 0 Å². The molecule has 1 unspecified atom stereocenters. The van der Waals surface area contributed by atoms with Gasteiger partial charge in [-0.3, -0.25) is 0 Å². The molecule has 1 atom stereocenters. The van der Waals surface area contributed by atoms with Crippen molar-refractivity contribution in [3.8, 4) is 0 Å². The van der Waals surface area contributed by atoms with Gasteiger partial charge in [-0.15, -0.1) is 0 Å². The summed E-state index contributed by atoms with van der Waals surface area (Å²) in [6.45, 7) is 2.52. The van der Waals surface area contributed by atoms with Crippen LogP contribution in [-0.4, -0.2) is 29.1 Å². The summed E-state index contributed by atoms with van der Waals surface area (Å²) in [7, 11) is 0. The highest BCUT2D eigenvalue weighted by molar-refractivity contribution is 9.10. The summed E-state index contributed by atoms with van der Waals surface area (Å²) in [5.41, 5.74) is 1.94. The van der Waals surface area contributed by atoms with E-state index < -0.39 is 0 Å². The van der Waals surface area contributed by atoms with Gasteiger partial charge in [0.25, 0.3) is 0 Å². The fourth-order valence-electron chi connectivity index (χ4n) is 1.89. The van der Waals surface area contributed by atoms with Crippen molar-refractivity contribution in [1.82, 2.24) is 14.7 Å². The van der Waals surface area contributed by atoms with Gasteiger partial charge in [0, 0.05) is 30.0 Å². The van der Waals surface area contributed by atoms with Crippen molar-refractivity contribution < 1.29 is 4.74 Å². The number of hydrogen-bond donors (Lipinski definition) is 1. The standard InChI is InChI=1S/C11H12BrN3O/c12-8-1-2-11-14-9(7-15(11)6-8)10-5-13-3-4-16-10/h1-2,6-7,10,13H,3-5H2. The van der Waals surface area contributed by atoms with Crippen LogP contribution in [-0.2, 0) is 4.74 Å². The van der Waals surface area contributed by atoms with Crippen molar-refractivity contribution in [3.63, 3.8) is 0 Å². The average Bonchev–Trinajstić information content (AvgIpc) is 2.73. The van der Waals surface area contributed by atoms with Crippen molar-refractivity contribution in [1.29, 1.82) is 0 Å². The van der Waals surface area contributed by atoms with Gasteiger partial charge in [-0.2, -0.15) is 0 Å². The highest BCUT2D eigenvalue weighted by atomic mass is 79.9. The molecule has 1 aliphatic rings. The quantitative estimate of drug-likeness (QED) is 0.866. The van der Waals surface area contributed by atoms with Crippen molar-refractivity contribution in [2.45, 2.75) is 6.10 Å². The molecule has 0 saturated carbocycles. The van der Waals surface area contributed by atoms with Crippen LogP contribution in [0.25, 0.3) is 5.65 Å². The van der Waals surface area contributed by atoms with E-state index in [1.54, 1.807) is 0 Å². The summed E-state index contributed by atoms with van der Waals surface area (Å²) < 4.78 is 8.73. The minimum absolute atomic E-state index is 0.0763. The predicted octanol–water partition coefficient (Wildman–Crippen LogP) is 1.76. The Bertz CT molecular complexity index is 505. The summed E-state index contributed by atoms with van der Waals surface area (Å²) in [6, 6.07) is 3.98. The van der Waals surface area contributed by atoms with Gasteiger partial charge in [0.1, 0.15) is 11.8 Å². The third kappa shape index (κ3) is 1.86. The number of imidazole rings is 1. The van der Waals surface area contributed by atoms with E-state index in [0.29, 0.717) is 0 Å². The number of halogens is 1. The van der Waals surface area contributed by atoms with E-state index in [-0.39, 0.29) is 6.10 Å². The first-order chi connectivity index (χ1) is 7.83. The molecular formula is C11H12BrN3O. The topological polar surface area (TPSA) is 38.6 Å². The molecule has 0 amide bonds. The molecule has 0 aromatic carbocycles. The number of aromatic nitrogens is 2. The molecule has 3 rings (SSSR count). The Morgan fingerprint density at radius 3 is 3.19 bits per heavy atom. The Labute approximate surface area is 102 Å². The van der Waals surface area contributed by atoms with Crippen LogP contribution in [0.15, 0.2) is 29.0 Å². The number of morpholine rings is 1. The Hall–Kier alpha value is -0.910. The molecule has 0 radical (unpaired) electrons. The Kier molecular flexibility index (Phi) is 2.67.